The van der Waals surface area contributed by atoms with Gasteiger partial charge in [0.2, 0.25) is 6.08 Å². The van der Waals surface area contributed by atoms with Gasteiger partial charge in [-0.1, -0.05) is 18.2 Å². The Morgan fingerprint density at radius 1 is 1.32 bits per heavy atom. The van der Waals surface area contributed by atoms with E-state index in [1.807, 2.05) is 0 Å². The highest BCUT2D eigenvalue weighted by Crippen LogP contribution is 2.33. The predicted octanol–water partition coefficient (Wildman–Crippen LogP) is 4.74. The summed E-state index contributed by atoms with van der Waals surface area (Å²) in [4.78, 5) is 28.8. The molecule has 0 radical (unpaired) electrons. The average molecular weight is 398 g/mol. The molecule has 1 aliphatic heterocycles. The van der Waals surface area contributed by atoms with Gasteiger partial charge in [-0.3, -0.25) is 0 Å². The lowest BCUT2D eigenvalue weighted by Crippen LogP contribution is -2.50. The molecule has 1 aromatic carbocycles. The van der Waals surface area contributed by atoms with Crippen LogP contribution in [0.5, 0.6) is 0 Å². The molecule has 1 aliphatic rings. The summed E-state index contributed by atoms with van der Waals surface area (Å²) in [5.41, 5.74) is -1.73. The number of likely N-dealkylation sites (tertiary alicyclic amines) is 1. The monoisotopic (exact) mass is 398 g/mol. The van der Waals surface area contributed by atoms with E-state index in [-0.39, 0.29) is 6.54 Å². The van der Waals surface area contributed by atoms with Crippen LogP contribution in [0.1, 0.15) is 51.2 Å². The number of piperidine rings is 1. The molecule has 1 saturated heterocycles. The highest BCUT2D eigenvalue weighted by Gasteiger charge is 2.38. The zero-order valence-electron chi connectivity index (χ0n) is 16.3. The number of aliphatic imine (C=N–C) groups is 1. The number of nitrogens with zero attached hydrogens (tertiary/aromatic N) is 2. The number of alkyl halides is 3. The van der Waals surface area contributed by atoms with Crippen LogP contribution in [0.2, 0.25) is 0 Å². The molecule has 0 spiro atoms. The van der Waals surface area contributed by atoms with Crippen LogP contribution in [-0.4, -0.2) is 41.3 Å². The van der Waals surface area contributed by atoms with Gasteiger partial charge < -0.3 is 9.64 Å². The van der Waals surface area contributed by atoms with Crippen LogP contribution in [0, 0.1) is 0 Å². The maximum Gasteiger partial charge on any atom is 0.416 e. The summed E-state index contributed by atoms with van der Waals surface area (Å²) in [6, 6.07) is 5.10. The molecule has 0 aromatic heterocycles. The molecule has 1 amide bonds. The number of hydrogen-bond acceptors (Lipinski definition) is 4. The maximum absolute atomic E-state index is 12.9. The Bertz CT molecular complexity index is 752. The quantitative estimate of drug-likeness (QED) is 0.544. The molecular formula is C20H25F3N2O3. The fraction of sp³-hybridized carbons (Fsp3) is 0.600. The highest BCUT2D eigenvalue weighted by atomic mass is 19.4. The van der Waals surface area contributed by atoms with Crippen molar-refractivity contribution < 1.29 is 27.5 Å². The maximum atomic E-state index is 12.9. The van der Waals surface area contributed by atoms with Crippen molar-refractivity contribution in [1.82, 2.24) is 4.90 Å². The molecule has 1 atom stereocenters. The molecular weight excluding hydrogens is 373 g/mol. The summed E-state index contributed by atoms with van der Waals surface area (Å²) in [5.74, 6) is 0. The first-order valence-corrected chi connectivity index (χ1v) is 9.17. The van der Waals surface area contributed by atoms with Gasteiger partial charge in [-0.25, -0.2) is 9.59 Å². The van der Waals surface area contributed by atoms with Crippen molar-refractivity contribution >= 4 is 12.2 Å². The van der Waals surface area contributed by atoms with Gasteiger partial charge in [0, 0.05) is 6.54 Å². The molecule has 0 aliphatic carbocycles. The van der Waals surface area contributed by atoms with E-state index in [9.17, 15) is 22.8 Å². The van der Waals surface area contributed by atoms with Crippen molar-refractivity contribution in [3.05, 3.63) is 35.4 Å². The van der Waals surface area contributed by atoms with E-state index in [2.05, 4.69) is 4.99 Å². The normalized spacial score (nSPS) is 20.4. The lowest BCUT2D eigenvalue weighted by molar-refractivity contribution is -0.137. The Hall–Kier alpha value is -2.34. The number of benzene rings is 1. The van der Waals surface area contributed by atoms with Crippen molar-refractivity contribution in [1.29, 1.82) is 0 Å². The Morgan fingerprint density at radius 2 is 2.04 bits per heavy atom. The number of rotatable bonds is 4. The fourth-order valence-electron chi connectivity index (χ4n) is 3.32. The molecule has 28 heavy (non-hydrogen) atoms. The van der Waals surface area contributed by atoms with E-state index in [0.717, 1.165) is 12.1 Å². The van der Waals surface area contributed by atoms with Crippen LogP contribution in [0.15, 0.2) is 29.3 Å². The van der Waals surface area contributed by atoms with E-state index in [0.29, 0.717) is 37.8 Å². The third-order valence-corrected chi connectivity index (χ3v) is 4.62. The van der Waals surface area contributed by atoms with E-state index in [1.54, 1.807) is 32.9 Å². The summed E-state index contributed by atoms with van der Waals surface area (Å²) in [6.45, 7) is 5.95. The summed E-state index contributed by atoms with van der Waals surface area (Å²) in [5, 5.41) is 0. The Kier molecular flexibility index (Phi) is 6.55. The summed E-state index contributed by atoms with van der Waals surface area (Å²) < 4.78 is 44.1. The second-order valence-corrected chi connectivity index (χ2v) is 8.13. The second-order valence-electron chi connectivity index (χ2n) is 8.13. The van der Waals surface area contributed by atoms with Gasteiger partial charge in [0.25, 0.3) is 0 Å². The van der Waals surface area contributed by atoms with Crippen LogP contribution in [0.4, 0.5) is 18.0 Å². The number of isocyanates is 1. The van der Waals surface area contributed by atoms with Crippen molar-refractivity contribution in [2.75, 3.05) is 13.1 Å². The minimum atomic E-state index is -4.41. The van der Waals surface area contributed by atoms with Crippen molar-refractivity contribution in [2.45, 2.75) is 63.8 Å². The van der Waals surface area contributed by atoms with Crippen LogP contribution < -0.4 is 0 Å². The highest BCUT2D eigenvalue weighted by molar-refractivity contribution is 5.68. The summed E-state index contributed by atoms with van der Waals surface area (Å²) in [6.07, 6.45) is -1.51. The van der Waals surface area contributed by atoms with E-state index < -0.39 is 29.0 Å². The standard InChI is InChI=1S/C20H25F3N2O3/c1-18(2,3)28-17(27)25-11-5-9-19(13-25,24-14-26)10-8-15-6-4-7-16(12-15)20(21,22)23/h4,6-7,12H,5,8-11,13H2,1-3H3. The first kappa shape index (κ1) is 22.0. The van der Waals surface area contributed by atoms with Gasteiger partial charge in [0.15, 0.2) is 0 Å². The van der Waals surface area contributed by atoms with Crippen LogP contribution >= 0.6 is 0 Å². The second kappa shape index (κ2) is 8.35. The Morgan fingerprint density at radius 3 is 2.64 bits per heavy atom. The summed E-state index contributed by atoms with van der Waals surface area (Å²) >= 11 is 0. The van der Waals surface area contributed by atoms with Gasteiger partial charge in [0.1, 0.15) is 5.60 Å². The summed E-state index contributed by atoms with van der Waals surface area (Å²) in [7, 11) is 0. The molecule has 8 heteroatoms. The minimum Gasteiger partial charge on any atom is -0.444 e. The fourth-order valence-corrected chi connectivity index (χ4v) is 3.32. The molecule has 154 valence electrons. The van der Waals surface area contributed by atoms with Gasteiger partial charge >= 0.3 is 12.3 Å². The molecule has 1 aromatic rings. The first-order chi connectivity index (χ1) is 12.9. The van der Waals surface area contributed by atoms with E-state index >= 15 is 0 Å². The zero-order chi connectivity index (χ0) is 21.0. The zero-order valence-corrected chi connectivity index (χ0v) is 16.3. The van der Waals surface area contributed by atoms with Gasteiger partial charge in [-0.05, 0) is 58.1 Å². The van der Waals surface area contributed by atoms with E-state index in [1.165, 1.54) is 11.0 Å². The number of carbonyl (C=O) groups excluding carboxylic acids is 2. The number of ether oxygens (including phenoxy) is 1. The number of carbonyl (C=O) groups is 1. The first-order valence-electron chi connectivity index (χ1n) is 9.17. The van der Waals surface area contributed by atoms with Crippen LogP contribution in [0.3, 0.4) is 0 Å². The molecule has 0 N–H and O–H groups in total. The lowest BCUT2D eigenvalue weighted by Gasteiger charge is -2.39. The Balaban J connectivity index is 2.13. The third-order valence-electron chi connectivity index (χ3n) is 4.62. The minimum absolute atomic E-state index is 0.177. The topological polar surface area (TPSA) is 59.0 Å². The molecule has 1 fully saturated rings. The van der Waals surface area contributed by atoms with Gasteiger partial charge in [0.05, 0.1) is 17.6 Å². The number of amides is 1. The predicted molar refractivity (Wildman–Crippen MR) is 97.7 cm³/mol. The van der Waals surface area contributed by atoms with Crippen molar-refractivity contribution in [3.8, 4) is 0 Å². The van der Waals surface area contributed by atoms with Crippen molar-refractivity contribution in [2.24, 2.45) is 4.99 Å². The average Bonchev–Trinajstić information content (AvgIpc) is 2.59. The van der Waals surface area contributed by atoms with Gasteiger partial charge in [-0.15, -0.1) is 0 Å². The van der Waals surface area contributed by atoms with Crippen LogP contribution in [-0.2, 0) is 22.1 Å². The molecule has 2 rings (SSSR count). The smallest absolute Gasteiger partial charge is 0.416 e. The molecule has 0 saturated carbocycles. The molecule has 1 unspecified atom stereocenters. The SMILES string of the molecule is CC(C)(C)OC(=O)N1CCCC(CCc2cccc(C(F)(F)F)c2)(N=C=O)C1. The van der Waals surface area contributed by atoms with E-state index in [4.69, 9.17) is 4.74 Å². The Labute approximate surface area is 162 Å². The van der Waals surface area contributed by atoms with Gasteiger partial charge in [-0.2, -0.15) is 18.2 Å². The largest absolute Gasteiger partial charge is 0.444 e. The molecule has 0 bridgehead atoms. The number of aryl methyl sites for hydroxylation is 1. The van der Waals surface area contributed by atoms with Crippen LogP contribution in [0.25, 0.3) is 0 Å². The molecule has 5 nitrogen and oxygen atoms in total. The number of halogens is 3. The molecule has 1 heterocycles. The third kappa shape index (κ3) is 6.09. The lowest BCUT2D eigenvalue weighted by atomic mass is 9.84. The van der Waals surface area contributed by atoms with Crippen molar-refractivity contribution in [3.63, 3.8) is 0 Å². The number of hydrogen-bond donors (Lipinski definition) is 0.